The molecule has 0 atom stereocenters. The van der Waals surface area contributed by atoms with E-state index in [-0.39, 0.29) is 21.1 Å². The number of hydrogen-bond donors (Lipinski definition) is 0. The summed E-state index contributed by atoms with van der Waals surface area (Å²) in [5, 5.41) is 0. The van der Waals surface area contributed by atoms with Gasteiger partial charge in [0.15, 0.2) is 19.7 Å². The molecule has 0 unspecified atom stereocenters. The van der Waals surface area contributed by atoms with Gasteiger partial charge in [-0.1, -0.05) is 57.9 Å². The average Bonchev–Trinajstić information content (AvgIpc) is 2.73. The zero-order chi connectivity index (χ0) is 23.5. The highest BCUT2D eigenvalue weighted by Crippen LogP contribution is 2.24. The van der Waals surface area contributed by atoms with Crippen LogP contribution < -0.4 is 0 Å². The fraction of sp³-hybridized carbons (Fsp3) is 0.125. The first-order chi connectivity index (χ1) is 15.0. The van der Waals surface area contributed by atoms with Crippen molar-refractivity contribution in [3.8, 4) is 0 Å². The van der Waals surface area contributed by atoms with Gasteiger partial charge in [-0.15, -0.1) is 0 Å². The Labute approximate surface area is 196 Å². The van der Waals surface area contributed by atoms with Gasteiger partial charge >= 0.3 is 0 Å². The maximum absolute atomic E-state index is 13.3. The van der Waals surface area contributed by atoms with E-state index in [2.05, 4.69) is 15.9 Å². The van der Waals surface area contributed by atoms with Crippen molar-refractivity contribution in [2.45, 2.75) is 17.6 Å². The molecule has 0 radical (unpaired) electrons. The molecule has 0 bridgehead atoms. The van der Waals surface area contributed by atoms with Crippen LogP contribution in [0, 0.1) is 6.92 Å². The molecular weight excluding hydrogens is 512 g/mol. The summed E-state index contributed by atoms with van der Waals surface area (Å²) < 4.78 is 50.8. The minimum atomic E-state index is -4.00. The second-order valence-electron chi connectivity index (χ2n) is 7.43. The summed E-state index contributed by atoms with van der Waals surface area (Å²) in [6.07, 6.45) is 2.38. The smallest absolute Gasteiger partial charge is 0.204 e. The first-order valence-corrected chi connectivity index (χ1v) is 13.9. The zero-order valence-corrected chi connectivity index (χ0v) is 20.7. The normalized spacial score (nSPS) is 12.5. The molecule has 0 N–H and O–H groups in total. The minimum absolute atomic E-state index is 0.109. The molecule has 0 amide bonds. The zero-order valence-electron chi connectivity index (χ0n) is 17.4. The standard InChI is InChI=1S/C24H21BrO5S2/c1-17-3-5-19(6-4-17)16-32(29,30)23(24(26)20-9-11-21(25)12-10-20)15-18-7-13-22(14-8-18)31(2,27)28/h3-15H,16H2,1-2H3/b23-15-. The second kappa shape index (κ2) is 9.52. The molecule has 0 saturated heterocycles. The topological polar surface area (TPSA) is 85.3 Å². The van der Waals surface area contributed by atoms with E-state index >= 15 is 0 Å². The van der Waals surface area contributed by atoms with Crippen molar-refractivity contribution in [1.82, 2.24) is 0 Å². The molecule has 3 aromatic carbocycles. The Morgan fingerprint density at radius 2 is 1.41 bits per heavy atom. The lowest BCUT2D eigenvalue weighted by Crippen LogP contribution is -2.16. The van der Waals surface area contributed by atoms with Gasteiger partial charge in [0.1, 0.15) is 4.91 Å². The minimum Gasteiger partial charge on any atom is -0.288 e. The Morgan fingerprint density at radius 3 is 1.94 bits per heavy atom. The molecule has 0 saturated carbocycles. The highest BCUT2D eigenvalue weighted by molar-refractivity contribution is 9.10. The summed E-state index contributed by atoms with van der Waals surface area (Å²) in [6.45, 7) is 1.90. The van der Waals surface area contributed by atoms with Crippen LogP contribution in [0.5, 0.6) is 0 Å². The van der Waals surface area contributed by atoms with Crippen molar-refractivity contribution in [3.05, 3.63) is 104 Å². The van der Waals surface area contributed by atoms with Crippen LogP contribution in [0.3, 0.4) is 0 Å². The summed E-state index contributed by atoms with van der Waals surface area (Å²) in [5.74, 6) is -0.959. The van der Waals surface area contributed by atoms with E-state index in [1.165, 1.54) is 30.3 Å². The fourth-order valence-corrected chi connectivity index (χ4v) is 5.38. The number of benzene rings is 3. The van der Waals surface area contributed by atoms with Gasteiger partial charge in [0.25, 0.3) is 0 Å². The molecule has 0 aliphatic heterocycles. The molecule has 3 rings (SSSR count). The molecule has 0 heterocycles. The first-order valence-electron chi connectivity index (χ1n) is 9.56. The van der Waals surface area contributed by atoms with Crippen LogP contribution >= 0.6 is 15.9 Å². The van der Waals surface area contributed by atoms with Crippen LogP contribution in [0.4, 0.5) is 0 Å². The number of allylic oxidation sites excluding steroid dienone is 1. The Bertz CT molecular complexity index is 1370. The molecule has 8 heteroatoms. The predicted molar refractivity (Wildman–Crippen MR) is 130 cm³/mol. The molecule has 32 heavy (non-hydrogen) atoms. The van der Waals surface area contributed by atoms with Gasteiger partial charge in [-0.3, -0.25) is 4.79 Å². The van der Waals surface area contributed by atoms with Crippen molar-refractivity contribution in [2.75, 3.05) is 6.26 Å². The summed E-state index contributed by atoms with van der Waals surface area (Å²) in [7, 11) is -7.40. The second-order valence-corrected chi connectivity index (χ2v) is 12.3. The van der Waals surface area contributed by atoms with E-state index in [0.29, 0.717) is 11.1 Å². The third-order valence-electron chi connectivity index (χ3n) is 4.75. The Hall–Kier alpha value is -2.55. The average molecular weight is 533 g/mol. The lowest BCUT2D eigenvalue weighted by molar-refractivity contribution is 0.104. The van der Waals surface area contributed by atoms with E-state index in [0.717, 1.165) is 16.3 Å². The first kappa shape index (κ1) is 24.1. The SMILES string of the molecule is Cc1ccc(CS(=O)(=O)/C(=C\c2ccc(S(C)(=O)=O)cc2)C(=O)c2ccc(Br)cc2)cc1. The van der Waals surface area contributed by atoms with Crippen molar-refractivity contribution >= 4 is 47.5 Å². The van der Waals surface area contributed by atoms with Gasteiger partial charge in [-0.05, 0) is 60.5 Å². The maximum atomic E-state index is 13.3. The molecule has 0 aliphatic carbocycles. The largest absolute Gasteiger partial charge is 0.288 e. The number of sulfone groups is 2. The highest BCUT2D eigenvalue weighted by atomic mass is 79.9. The Morgan fingerprint density at radius 1 is 0.844 bits per heavy atom. The lowest BCUT2D eigenvalue weighted by atomic mass is 10.1. The predicted octanol–water partition coefficient (Wildman–Crippen LogP) is 5.00. The van der Waals surface area contributed by atoms with E-state index in [1.807, 2.05) is 19.1 Å². The quantitative estimate of drug-likeness (QED) is 0.315. The molecule has 0 spiro atoms. The molecule has 0 fully saturated rings. The number of halogens is 1. The molecular formula is C24H21BrO5S2. The van der Waals surface area contributed by atoms with Crippen molar-refractivity contribution in [1.29, 1.82) is 0 Å². The van der Waals surface area contributed by atoms with Crippen LogP contribution in [0.1, 0.15) is 27.0 Å². The number of ketones is 1. The molecule has 0 aromatic heterocycles. The fourth-order valence-electron chi connectivity index (χ4n) is 2.98. The van der Waals surface area contributed by atoms with E-state index in [9.17, 15) is 21.6 Å². The summed E-state index contributed by atoms with van der Waals surface area (Å²) in [4.78, 5) is 13.0. The molecule has 166 valence electrons. The van der Waals surface area contributed by atoms with Crippen LogP contribution in [0.25, 0.3) is 6.08 Å². The molecule has 3 aromatic rings. The van der Waals surface area contributed by atoms with E-state index < -0.39 is 25.5 Å². The number of carbonyl (C=O) groups is 1. The van der Waals surface area contributed by atoms with Gasteiger partial charge in [0.05, 0.1) is 10.6 Å². The number of Topliss-reactive ketones (excluding diaryl/α,β-unsaturated/α-hetero) is 1. The van der Waals surface area contributed by atoms with Crippen molar-refractivity contribution < 1.29 is 21.6 Å². The van der Waals surface area contributed by atoms with Gasteiger partial charge in [-0.25, -0.2) is 16.8 Å². The third-order valence-corrected chi connectivity index (χ3v) is 8.09. The molecule has 5 nitrogen and oxygen atoms in total. The van der Waals surface area contributed by atoms with E-state index in [1.54, 1.807) is 36.4 Å². The van der Waals surface area contributed by atoms with Crippen molar-refractivity contribution in [3.63, 3.8) is 0 Å². The van der Waals surface area contributed by atoms with Crippen LogP contribution in [-0.4, -0.2) is 28.9 Å². The number of aryl methyl sites for hydroxylation is 1. The monoisotopic (exact) mass is 532 g/mol. The molecule has 0 aliphatic rings. The number of hydrogen-bond acceptors (Lipinski definition) is 5. The van der Waals surface area contributed by atoms with Crippen LogP contribution in [-0.2, 0) is 25.4 Å². The van der Waals surface area contributed by atoms with Gasteiger partial charge in [0.2, 0.25) is 5.78 Å². The van der Waals surface area contributed by atoms with Crippen LogP contribution in [0.15, 0.2) is 87.1 Å². The van der Waals surface area contributed by atoms with Crippen molar-refractivity contribution in [2.24, 2.45) is 0 Å². The Kier molecular flexibility index (Phi) is 7.17. The van der Waals surface area contributed by atoms with Gasteiger partial charge < -0.3 is 0 Å². The van der Waals surface area contributed by atoms with E-state index in [4.69, 9.17) is 0 Å². The number of rotatable bonds is 7. The maximum Gasteiger partial charge on any atom is 0.204 e. The third kappa shape index (κ3) is 6.03. The van der Waals surface area contributed by atoms with Gasteiger partial charge in [-0.2, -0.15) is 0 Å². The summed E-state index contributed by atoms with van der Waals surface area (Å²) in [5.41, 5.74) is 2.21. The highest BCUT2D eigenvalue weighted by Gasteiger charge is 2.26. The van der Waals surface area contributed by atoms with Crippen LogP contribution in [0.2, 0.25) is 0 Å². The summed E-state index contributed by atoms with van der Waals surface area (Å²) >= 11 is 3.30. The lowest BCUT2D eigenvalue weighted by Gasteiger charge is -2.10. The summed E-state index contributed by atoms with van der Waals surface area (Å²) in [6, 6.07) is 19.2. The Balaban J connectivity index is 2.07. The van der Waals surface area contributed by atoms with Gasteiger partial charge in [0, 0.05) is 16.3 Å². The number of carbonyl (C=O) groups excluding carboxylic acids is 1.